The fourth-order valence-electron chi connectivity index (χ4n) is 5.32. The van der Waals surface area contributed by atoms with Gasteiger partial charge in [-0.3, -0.25) is 9.59 Å². The molecule has 2 heterocycles. The maximum absolute atomic E-state index is 13.5. The summed E-state index contributed by atoms with van der Waals surface area (Å²) in [5.41, 5.74) is 1.07. The number of carbonyl (C=O) groups is 2. The molecule has 2 aliphatic rings. The molecule has 0 saturated carbocycles. The first kappa shape index (κ1) is 30.2. The van der Waals surface area contributed by atoms with Crippen LogP contribution in [0.15, 0.2) is 42.0 Å². The van der Waals surface area contributed by atoms with E-state index in [0.29, 0.717) is 66.9 Å². The molecule has 1 saturated heterocycles. The topological polar surface area (TPSA) is 97.8 Å². The van der Waals surface area contributed by atoms with Gasteiger partial charge in [0.2, 0.25) is 0 Å². The summed E-state index contributed by atoms with van der Waals surface area (Å²) in [6.07, 6.45) is 3.78. The highest BCUT2D eigenvalue weighted by atomic mass is 16.6. The summed E-state index contributed by atoms with van der Waals surface area (Å²) in [4.78, 5) is 30.8. The van der Waals surface area contributed by atoms with Gasteiger partial charge in [0.1, 0.15) is 19.0 Å². The molecule has 41 heavy (non-hydrogen) atoms. The molecular weight excluding hydrogens is 524 g/mol. The predicted molar refractivity (Wildman–Crippen MR) is 157 cm³/mol. The van der Waals surface area contributed by atoms with Gasteiger partial charge in [-0.15, -0.1) is 0 Å². The molecule has 9 nitrogen and oxygen atoms in total. The first-order valence-electron chi connectivity index (χ1n) is 14.6. The van der Waals surface area contributed by atoms with Gasteiger partial charge in [-0.1, -0.05) is 39.7 Å². The van der Waals surface area contributed by atoms with Crippen LogP contribution in [0.1, 0.15) is 63.6 Å². The van der Waals surface area contributed by atoms with Gasteiger partial charge in [-0.05, 0) is 68.4 Å². The number of ether oxygens (including phenoxy) is 4. The lowest BCUT2D eigenvalue weighted by atomic mass is 9.94. The van der Waals surface area contributed by atoms with Crippen molar-refractivity contribution in [1.82, 2.24) is 9.80 Å². The minimum absolute atomic E-state index is 0.0354. The number of amides is 1. The molecule has 222 valence electrons. The van der Waals surface area contributed by atoms with Crippen LogP contribution in [0.25, 0.3) is 5.76 Å². The zero-order chi connectivity index (χ0) is 29.4. The lowest BCUT2D eigenvalue weighted by molar-refractivity contribution is -0.140. The van der Waals surface area contributed by atoms with Crippen molar-refractivity contribution in [3.63, 3.8) is 0 Å². The van der Waals surface area contributed by atoms with Crippen molar-refractivity contribution in [3.05, 3.63) is 53.1 Å². The maximum atomic E-state index is 13.5. The Bertz CT molecular complexity index is 1250. The number of benzene rings is 2. The van der Waals surface area contributed by atoms with E-state index in [0.717, 1.165) is 38.9 Å². The van der Waals surface area contributed by atoms with E-state index in [1.54, 1.807) is 42.3 Å². The SMILES string of the molecule is CCCCCOc1ccc([C@@H]2/C(=C(\O)c3ccc4c(c3)OCCO4)C(=O)C(=O)N2CCCN(CC)CC)cc1OC. The van der Waals surface area contributed by atoms with Crippen molar-refractivity contribution >= 4 is 17.4 Å². The first-order chi connectivity index (χ1) is 19.9. The highest BCUT2D eigenvalue weighted by molar-refractivity contribution is 6.46. The largest absolute Gasteiger partial charge is 0.507 e. The minimum Gasteiger partial charge on any atom is -0.507 e. The Morgan fingerprint density at radius 3 is 2.44 bits per heavy atom. The van der Waals surface area contributed by atoms with Crippen LogP contribution in [-0.4, -0.2) is 79.7 Å². The van der Waals surface area contributed by atoms with Crippen molar-refractivity contribution in [2.45, 2.75) is 52.5 Å². The third kappa shape index (κ3) is 6.78. The van der Waals surface area contributed by atoms with Gasteiger partial charge in [0.25, 0.3) is 11.7 Å². The van der Waals surface area contributed by atoms with Gasteiger partial charge in [0.15, 0.2) is 23.0 Å². The number of unbranched alkanes of at least 4 members (excludes halogenated alkanes) is 2. The third-order valence-electron chi connectivity index (χ3n) is 7.63. The number of aliphatic hydroxyl groups is 1. The van der Waals surface area contributed by atoms with Crippen LogP contribution >= 0.6 is 0 Å². The Balaban J connectivity index is 1.73. The molecule has 1 amide bonds. The quantitative estimate of drug-likeness (QED) is 0.144. The number of carbonyl (C=O) groups excluding carboxylic acids is 2. The number of nitrogens with zero attached hydrogens (tertiary/aromatic N) is 2. The van der Waals surface area contributed by atoms with Crippen LogP contribution in [-0.2, 0) is 9.59 Å². The Labute approximate surface area is 242 Å². The summed E-state index contributed by atoms with van der Waals surface area (Å²) < 4.78 is 22.9. The highest BCUT2D eigenvalue weighted by Gasteiger charge is 2.46. The lowest BCUT2D eigenvalue weighted by Gasteiger charge is -2.27. The van der Waals surface area contributed by atoms with Gasteiger partial charge in [-0.25, -0.2) is 0 Å². The molecule has 1 N–H and O–H groups in total. The molecule has 4 rings (SSSR count). The second kappa shape index (κ2) is 14.3. The van der Waals surface area contributed by atoms with Crippen LogP contribution in [0.4, 0.5) is 0 Å². The van der Waals surface area contributed by atoms with E-state index in [1.807, 2.05) is 6.07 Å². The van der Waals surface area contributed by atoms with E-state index >= 15 is 0 Å². The molecule has 2 aliphatic heterocycles. The average Bonchev–Trinajstić information content (AvgIpc) is 3.25. The predicted octanol–water partition coefficient (Wildman–Crippen LogP) is 5.19. The zero-order valence-corrected chi connectivity index (χ0v) is 24.6. The van der Waals surface area contributed by atoms with Crippen LogP contribution in [0.5, 0.6) is 23.0 Å². The van der Waals surface area contributed by atoms with Gasteiger partial charge >= 0.3 is 0 Å². The Kier molecular flexibility index (Phi) is 10.5. The molecular formula is C32H42N2O7. The molecule has 0 aliphatic carbocycles. The van der Waals surface area contributed by atoms with Crippen molar-refractivity contribution in [3.8, 4) is 23.0 Å². The highest BCUT2D eigenvalue weighted by Crippen LogP contribution is 2.43. The van der Waals surface area contributed by atoms with Gasteiger partial charge in [0, 0.05) is 12.1 Å². The van der Waals surface area contributed by atoms with Crippen molar-refractivity contribution in [2.75, 3.05) is 53.1 Å². The number of ketones is 1. The fourth-order valence-corrected chi connectivity index (χ4v) is 5.32. The number of hydrogen-bond donors (Lipinski definition) is 1. The normalized spacial score (nSPS) is 17.8. The van der Waals surface area contributed by atoms with E-state index in [-0.39, 0.29) is 11.3 Å². The molecule has 1 atom stereocenters. The number of rotatable bonds is 14. The summed E-state index contributed by atoms with van der Waals surface area (Å²) in [6, 6.07) is 9.66. The van der Waals surface area contributed by atoms with E-state index in [9.17, 15) is 14.7 Å². The number of hydrogen-bond acceptors (Lipinski definition) is 8. The summed E-state index contributed by atoms with van der Waals surface area (Å²) in [5.74, 6) is 0.550. The van der Waals surface area contributed by atoms with Crippen molar-refractivity contribution < 1.29 is 33.6 Å². The van der Waals surface area contributed by atoms with Crippen LogP contribution in [0.3, 0.4) is 0 Å². The average molecular weight is 567 g/mol. The number of fused-ring (bicyclic) bond motifs is 1. The van der Waals surface area contributed by atoms with E-state index in [2.05, 4.69) is 25.7 Å². The Hall–Kier alpha value is -3.72. The fraction of sp³-hybridized carbons (Fsp3) is 0.500. The van der Waals surface area contributed by atoms with Gasteiger partial charge in [0.05, 0.1) is 25.3 Å². The van der Waals surface area contributed by atoms with Gasteiger partial charge in [-0.2, -0.15) is 0 Å². The molecule has 1 fully saturated rings. The molecule has 9 heteroatoms. The third-order valence-corrected chi connectivity index (χ3v) is 7.63. The maximum Gasteiger partial charge on any atom is 0.295 e. The second-order valence-corrected chi connectivity index (χ2v) is 10.2. The Morgan fingerprint density at radius 2 is 1.73 bits per heavy atom. The molecule has 0 bridgehead atoms. The minimum atomic E-state index is -0.789. The van der Waals surface area contributed by atoms with Crippen molar-refractivity contribution in [1.29, 1.82) is 0 Å². The van der Waals surface area contributed by atoms with E-state index in [1.165, 1.54) is 0 Å². The second-order valence-electron chi connectivity index (χ2n) is 10.2. The van der Waals surface area contributed by atoms with Crippen LogP contribution < -0.4 is 18.9 Å². The number of aliphatic hydroxyl groups excluding tert-OH is 1. The smallest absolute Gasteiger partial charge is 0.295 e. The summed E-state index contributed by atoms with van der Waals surface area (Å²) >= 11 is 0. The monoisotopic (exact) mass is 566 g/mol. The molecule has 2 aromatic carbocycles. The lowest BCUT2D eigenvalue weighted by Crippen LogP contribution is -2.33. The van der Waals surface area contributed by atoms with Gasteiger partial charge < -0.3 is 33.9 Å². The summed E-state index contributed by atoms with van der Waals surface area (Å²) in [6.45, 7) is 10.7. The molecule has 0 aromatic heterocycles. The standard InChI is InChI=1S/C32H42N2O7/c1-5-8-9-17-39-24-13-11-22(20-26(24)38-4)29-28(30(35)23-12-14-25-27(21-23)41-19-18-40-25)31(36)32(37)34(29)16-10-15-33(6-2)7-3/h11-14,20-21,29,35H,5-10,15-19H2,1-4H3/b30-28+/t29-/m1/s1. The van der Waals surface area contributed by atoms with Crippen LogP contribution in [0, 0.1) is 0 Å². The first-order valence-corrected chi connectivity index (χ1v) is 14.6. The number of Topliss-reactive ketones (excluding diaryl/α,β-unsaturated/α-hetero) is 1. The molecule has 0 radical (unpaired) electrons. The van der Waals surface area contributed by atoms with E-state index < -0.39 is 17.7 Å². The Morgan fingerprint density at radius 1 is 0.976 bits per heavy atom. The number of likely N-dealkylation sites (tertiary alicyclic amines) is 1. The van der Waals surface area contributed by atoms with E-state index in [4.69, 9.17) is 18.9 Å². The molecule has 0 unspecified atom stereocenters. The summed E-state index contributed by atoms with van der Waals surface area (Å²) in [5, 5.41) is 11.5. The van der Waals surface area contributed by atoms with Crippen LogP contribution in [0.2, 0.25) is 0 Å². The molecule has 2 aromatic rings. The summed E-state index contributed by atoms with van der Waals surface area (Å²) in [7, 11) is 1.56. The number of methoxy groups -OCH3 is 1. The zero-order valence-electron chi connectivity index (χ0n) is 24.6. The van der Waals surface area contributed by atoms with Crippen molar-refractivity contribution in [2.24, 2.45) is 0 Å². The molecule has 0 spiro atoms.